The number of carbonyl (C=O) groups is 2. The first-order chi connectivity index (χ1) is 7.92. The second-order valence-corrected chi connectivity index (χ2v) is 5.15. The first kappa shape index (κ1) is 13.8. The van der Waals surface area contributed by atoms with E-state index in [9.17, 15) is 9.59 Å². The highest BCUT2D eigenvalue weighted by Gasteiger charge is 2.48. The Hall–Kier alpha value is -1.23. The van der Waals surface area contributed by atoms with E-state index in [2.05, 4.69) is 17.2 Å². The third-order valence-corrected chi connectivity index (χ3v) is 3.06. The van der Waals surface area contributed by atoms with Crippen LogP contribution in [0.1, 0.15) is 33.1 Å². The number of hydrogen-bond donors (Lipinski definition) is 2. The van der Waals surface area contributed by atoms with E-state index in [0.717, 1.165) is 0 Å². The minimum absolute atomic E-state index is 0.0954. The third kappa shape index (κ3) is 2.91. The molecule has 0 bridgehead atoms. The molecule has 0 aliphatic carbocycles. The van der Waals surface area contributed by atoms with Gasteiger partial charge in [0.2, 0.25) is 11.8 Å². The van der Waals surface area contributed by atoms with Crippen LogP contribution in [0.3, 0.4) is 0 Å². The summed E-state index contributed by atoms with van der Waals surface area (Å²) in [4.78, 5) is 24.2. The third-order valence-electron chi connectivity index (χ3n) is 2.86. The molecule has 0 aromatic rings. The minimum atomic E-state index is -1.01. The molecule has 94 valence electrons. The van der Waals surface area contributed by atoms with Gasteiger partial charge in [-0.1, -0.05) is 19.9 Å². The fraction of sp³-hybridized carbons (Fsp3) is 0.583. The van der Waals surface area contributed by atoms with Crippen LogP contribution in [0.5, 0.6) is 0 Å². The molecule has 1 aliphatic heterocycles. The molecule has 2 amide bonds. The molecule has 1 rings (SSSR count). The molecule has 0 saturated carbocycles. The van der Waals surface area contributed by atoms with E-state index in [4.69, 9.17) is 12.2 Å². The van der Waals surface area contributed by atoms with Crippen LogP contribution >= 0.6 is 12.2 Å². The minimum Gasteiger partial charge on any atom is -0.302 e. The molecule has 5 heteroatoms. The molecule has 0 atom stereocenters. The van der Waals surface area contributed by atoms with Gasteiger partial charge in [0.15, 0.2) is 5.11 Å². The van der Waals surface area contributed by atoms with Gasteiger partial charge in [-0.25, -0.2) is 0 Å². The molecular formula is C12H18N2O2S. The van der Waals surface area contributed by atoms with Crippen molar-refractivity contribution in [3.8, 4) is 0 Å². The summed E-state index contributed by atoms with van der Waals surface area (Å²) in [5, 5.41) is 5.18. The Balaban J connectivity index is 3.01. The van der Waals surface area contributed by atoms with Crippen molar-refractivity contribution in [2.45, 2.75) is 33.1 Å². The van der Waals surface area contributed by atoms with Crippen molar-refractivity contribution in [1.29, 1.82) is 0 Å². The van der Waals surface area contributed by atoms with Crippen molar-refractivity contribution in [2.24, 2.45) is 11.3 Å². The molecule has 1 heterocycles. The molecule has 0 aromatic heterocycles. The number of carbonyl (C=O) groups excluding carboxylic acids is 2. The van der Waals surface area contributed by atoms with Gasteiger partial charge in [0.1, 0.15) is 5.41 Å². The second kappa shape index (κ2) is 5.40. The Bertz CT molecular complexity index is 344. The van der Waals surface area contributed by atoms with Crippen LogP contribution in [0.25, 0.3) is 0 Å². The highest BCUT2D eigenvalue weighted by Crippen LogP contribution is 2.34. The number of hydrogen-bond acceptors (Lipinski definition) is 3. The molecule has 4 nitrogen and oxygen atoms in total. The Morgan fingerprint density at radius 1 is 1.35 bits per heavy atom. The fourth-order valence-electron chi connectivity index (χ4n) is 2.14. The van der Waals surface area contributed by atoms with Gasteiger partial charge in [-0.15, -0.1) is 6.58 Å². The van der Waals surface area contributed by atoms with Gasteiger partial charge in [0.25, 0.3) is 0 Å². The lowest BCUT2D eigenvalue weighted by Gasteiger charge is -2.36. The van der Waals surface area contributed by atoms with Gasteiger partial charge in [-0.3, -0.25) is 9.59 Å². The maximum Gasteiger partial charge on any atom is 0.241 e. The van der Waals surface area contributed by atoms with Crippen molar-refractivity contribution in [1.82, 2.24) is 10.6 Å². The highest BCUT2D eigenvalue weighted by molar-refractivity contribution is 7.80. The Morgan fingerprint density at radius 2 is 1.88 bits per heavy atom. The van der Waals surface area contributed by atoms with Crippen molar-refractivity contribution in [2.75, 3.05) is 0 Å². The van der Waals surface area contributed by atoms with E-state index in [0.29, 0.717) is 19.3 Å². The van der Waals surface area contributed by atoms with E-state index in [-0.39, 0.29) is 22.8 Å². The van der Waals surface area contributed by atoms with E-state index in [1.54, 1.807) is 6.08 Å². The highest BCUT2D eigenvalue weighted by atomic mass is 32.1. The SMILES string of the molecule is C=CCCC1(CC(C)C)C(=O)NC(=S)NC1=O. The zero-order valence-corrected chi connectivity index (χ0v) is 11.0. The quantitative estimate of drug-likeness (QED) is 0.444. The smallest absolute Gasteiger partial charge is 0.241 e. The summed E-state index contributed by atoms with van der Waals surface area (Å²) < 4.78 is 0. The van der Waals surface area contributed by atoms with Crippen LogP contribution in [0, 0.1) is 11.3 Å². The van der Waals surface area contributed by atoms with Gasteiger partial charge in [-0.05, 0) is 37.4 Å². The van der Waals surface area contributed by atoms with Gasteiger partial charge < -0.3 is 10.6 Å². The molecular weight excluding hydrogens is 236 g/mol. The number of amides is 2. The second-order valence-electron chi connectivity index (χ2n) is 4.74. The summed E-state index contributed by atoms with van der Waals surface area (Å²) in [6, 6.07) is 0. The molecule has 0 radical (unpaired) electrons. The van der Waals surface area contributed by atoms with Crippen LogP contribution in [0.15, 0.2) is 12.7 Å². The summed E-state index contributed by atoms with van der Waals surface area (Å²) in [6.07, 6.45) is 3.33. The molecule has 0 unspecified atom stereocenters. The van der Waals surface area contributed by atoms with E-state index >= 15 is 0 Å². The van der Waals surface area contributed by atoms with Crippen molar-refractivity contribution < 1.29 is 9.59 Å². The van der Waals surface area contributed by atoms with Gasteiger partial charge in [0.05, 0.1) is 0 Å². The molecule has 2 N–H and O–H groups in total. The first-order valence-electron chi connectivity index (χ1n) is 5.70. The predicted octanol–water partition coefficient (Wildman–Crippen LogP) is 1.52. The average Bonchev–Trinajstić information content (AvgIpc) is 2.21. The van der Waals surface area contributed by atoms with Gasteiger partial charge in [-0.2, -0.15) is 0 Å². The van der Waals surface area contributed by atoms with Crippen molar-refractivity contribution >= 4 is 29.1 Å². The summed E-state index contributed by atoms with van der Waals surface area (Å²) in [5.41, 5.74) is -1.01. The zero-order valence-electron chi connectivity index (χ0n) is 10.2. The van der Waals surface area contributed by atoms with Crippen molar-refractivity contribution in [3.05, 3.63) is 12.7 Å². The molecule has 1 fully saturated rings. The van der Waals surface area contributed by atoms with E-state index < -0.39 is 5.41 Å². The van der Waals surface area contributed by atoms with Gasteiger partial charge in [0, 0.05) is 0 Å². The van der Waals surface area contributed by atoms with E-state index in [1.165, 1.54) is 0 Å². The van der Waals surface area contributed by atoms with Crippen LogP contribution in [0.4, 0.5) is 0 Å². The molecule has 1 aliphatic rings. The number of nitrogens with one attached hydrogen (secondary N) is 2. The number of allylic oxidation sites excluding steroid dienone is 1. The summed E-state index contributed by atoms with van der Waals surface area (Å²) in [6.45, 7) is 7.61. The molecule has 0 aromatic carbocycles. The lowest BCUT2D eigenvalue weighted by molar-refractivity contribution is -0.145. The maximum atomic E-state index is 12.1. The fourth-order valence-corrected chi connectivity index (χ4v) is 2.33. The molecule has 17 heavy (non-hydrogen) atoms. The molecule has 0 spiro atoms. The standard InChI is InChI=1S/C12H18N2O2S/c1-4-5-6-12(7-8(2)3)9(15)13-11(17)14-10(12)16/h4,8H,1,5-7H2,2-3H3,(H2,13,14,15,16,17). The first-order valence-corrected chi connectivity index (χ1v) is 6.11. The normalized spacial score (nSPS) is 18.9. The largest absolute Gasteiger partial charge is 0.302 e. The Morgan fingerprint density at radius 3 is 2.29 bits per heavy atom. The number of rotatable bonds is 5. The summed E-state index contributed by atoms with van der Waals surface area (Å²) in [5.74, 6) is -0.327. The Labute approximate surface area is 107 Å². The summed E-state index contributed by atoms with van der Waals surface area (Å²) in [7, 11) is 0. The van der Waals surface area contributed by atoms with Gasteiger partial charge >= 0.3 is 0 Å². The van der Waals surface area contributed by atoms with Crippen LogP contribution in [-0.2, 0) is 9.59 Å². The van der Waals surface area contributed by atoms with Crippen LogP contribution in [0.2, 0.25) is 0 Å². The van der Waals surface area contributed by atoms with Crippen LogP contribution in [-0.4, -0.2) is 16.9 Å². The van der Waals surface area contributed by atoms with Crippen molar-refractivity contribution in [3.63, 3.8) is 0 Å². The Kier molecular flexibility index (Phi) is 4.40. The molecule has 1 saturated heterocycles. The summed E-state index contributed by atoms with van der Waals surface area (Å²) >= 11 is 4.80. The zero-order chi connectivity index (χ0) is 13.1. The number of thiocarbonyl (C=S) groups is 1. The predicted molar refractivity (Wildman–Crippen MR) is 70.2 cm³/mol. The lowest BCUT2D eigenvalue weighted by atomic mass is 9.74. The van der Waals surface area contributed by atoms with Crippen LogP contribution < -0.4 is 10.6 Å². The topological polar surface area (TPSA) is 58.2 Å². The maximum absolute atomic E-state index is 12.1. The monoisotopic (exact) mass is 254 g/mol. The lowest BCUT2D eigenvalue weighted by Crippen LogP contribution is -2.62. The van der Waals surface area contributed by atoms with E-state index in [1.807, 2.05) is 13.8 Å². The average molecular weight is 254 g/mol.